The first-order chi connectivity index (χ1) is 8.38. The Balaban J connectivity index is 1.54. The third-order valence-corrected chi connectivity index (χ3v) is 5.19. The molecule has 1 heteroatoms. The van der Waals surface area contributed by atoms with Crippen molar-refractivity contribution in [2.45, 2.75) is 90.1 Å². The Morgan fingerprint density at radius 3 is 2.24 bits per heavy atom. The lowest BCUT2D eigenvalue weighted by molar-refractivity contribution is 0.281. The predicted molar refractivity (Wildman–Crippen MR) is 79.0 cm³/mol. The lowest BCUT2D eigenvalue weighted by atomic mass is 9.34. The van der Waals surface area contributed by atoms with Crippen molar-refractivity contribution in [2.24, 2.45) is 11.8 Å². The summed E-state index contributed by atoms with van der Waals surface area (Å²) in [6, 6.07) is 0. The van der Waals surface area contributed by atoms with Gasteiger partial charge in [-0.1, -0.05) is 83.7 Å². The molecule has 0 radical (unpaired) electrons. The molecule has 0 amide bonds. The lowest BCUT2D eigenvalue weighted by Gasteiger charge is -2.37. The van der Waals surface area contributed by atoms with E-state index in [4.69, 9.17) is 0 Å². The molecule has 2 fully saturated rings. The molecule has 17 heavy (non-hydrogen) atoms. The summed E-state index contributed by atoms with van der Waals surface area (Å²) in [6.07, 6.45) is 19.8. The van der Waals surface area contributed by atoms with Gasteiger partial charge in [-0.15, -0.1) is 0 Å². The Kier molecular flexibility index (Phi) is 5.94. The van der Waals surface area contributed by atoms with Crippen molar-refractivity contribution in [1.29, 1.82) is 0 Å². The molecule has 2 bridgehead atoms. The third-order valence-electron chi connectivity index (χ3n) is 5.19. The zero-order valence-corrected chi connectivity index (χ0v) is 11.9. The quantitative estimate of drug-likeness (QED) is 0.393. The van der Waals surface area contributed by atoms with E-state index in [0.29, 0.717) is 0 Å². The van der Waals surface area contributed by atoms with Crippen molar-refractivity contribution in [3.8, 4) is 0 Å². The van der Waals surface area contributed by atoms with E-state index in [9.17, 15) is 0 Å². The summed E-state index contributed by atoms with van der Waals surface area (Å²) in [6.45, 7) is 3.42. The average molecular weight is 234 g/mol. The van der Waals surface area contributed by atoms with Gasteiger partial charge in [0.1, 0.15) is 6.71 Å². The molecule has 0 spiro atoms. The second-order valence-corrected chi connectivity index (χ2v) is 6.79. The number of rotatable bonds is 7. The highest BCUT2D eigenvalue weighted by molar-refractivity contribution is 6.59. The molecule has 98 valence electrons. The molecule has 1 aliphatic heterocycles. The van der Waals surface area contributed by atoms with Crippen LogP contribution in [0.2, 0.25) is 19.0 Å². The van der Waals surface area contributed by atoms with Gasteiger partial charge in [0.15, 0.2) is 0 Å². The summed E-state index contributed by atoms with van der Waals surface area (Å²) in [5, 5.41) is 0. The second-order valence-electron chi connectivity index (χ2n) is 6.79. The number of fused-ring (bicyclic) bond motifs is 2. The Morgan fingerprint density at radius 1 is 0.882 bits per heavy atom. The fraction of sp³-hybridized carbons (Fsp3) is 1.00. The molecule has 1 saturated heterocycles. The van der Waals surface area contributed by atoms with Crippen LogP contribution < -0.4 is 0 Å². The van der Waals surface area contributed by atoms with Gasteiger partial charge in [-0.05, 0) is 18.3 Å². The monoisotopic (exact) mass is 234 g/mol. The Hall–Kier alpha value is 0.0649. The van der Waals surface area contributed by atoms with Gasteiger partial charge in [-0.25, -0.2) is 0 Å². The Bertz CT molecular complexity index is 190. The summed E-state index contributed by atoms with van der Waals surface area (Å²) >= 11 is 0. The fourth-order valence-electron chi connectivity index (χ4n) is 4.32. The first-order valence-electron chi connectivity index (χ1n) is 8.38. The smallest absolute Gasteiger partial charge is 0.0741 e. The minimum atomic E-state index is 1.12. The molecule has 0 nitrogen and oxygen atoms in total. The summed E-state index contributed by atoms with van der Waals surface area (Å²) < 4.78 is 0. The zero-order chi connectivity index (χ0) is 11.9. The maximum absolute atomic E-state index is 2.31. The predicted octanol–water partition coefficient (Wildman–Crippen LogP) is 5.66. The number of unbranched alkanes of at least 4 members (excludes halogenated alkanes) is 5. The minimum absolute atomic E-state index is 1.12. The van der Waals surface area contributed by atoms with Crippen LogP contribution in [-0.4, -0.2) is 6.71 Å². The van der Waals surface area contributed by atoms with Crippen LogP contribution in [0.3, 0.4) is 0 Å². The molecular weight excluding hydrogens is 203 g/mol. The van der Waals surface area contributed by atoms with Crippen LogP contribution in [0.5, 0.6) is 0 Å². The first kappa shape index (κ1) is 13.5. The molecule has 0 aromatic carbocycles. The van der Waals surface area contributed by atoms with Crippen LogP contribution >= 0.6 is 0 Å². The minimum Gasteiger partial charge on any atom is -0.0741 e. The third kappa shape index (κ3) is 4.68. The molecule has 0 N–H and O–H groups in total. The van der Waals surface area contributed by atoms with Crippen molar-refractivity contribution in [2.75, 3.05) is 0 Å². The van der Waals surface area contributed by atoms with E-state index in [-0.39, 0.29) is 0 Å². The van der Waals surface area contributed by atoms with Crippen molar-refractivity contribution in [3.05, 3.63) is 0 Å². The molecule has 1 aliphatic carbocycles. The van der Waals surface area contributed by atoms with Crippen molar-refractivity contribution < 1.29 is 0 Å². The summed E-state index contributed by atoms with van der Waals surface area (Å²) in [4.78, 5) is 0. The van der Waals surface area contributed by atoms with Crippen molar-refractivity contribution in [1.82, 2.24) is 0 Å². The highest BCUT2D eigenvalue weighted by Crippen LogP contribution is 2.41. The maximum Gasteiger partial charge on any atom is 0.140 e. The van der Waals surface area contributed by atoms with E-state index in [1.165, 1.54) is 38.5 Å². The van der Waals surface area contributed by atoms with Crippen molar-refractivity contribution >= 4 is 6.71 Å². The van der Waals surface area contributed by atoms with Gasteiger partial charge < -0.3 is 0 Å². The molecular formula is C16H31B. The zero-order valence-electron chi connectivity index (χ0n) is 11.9. The van der Waals surface area contributed by atoms with E-state index >= 15 is 0 Å². The van der Waals surface area contributed by atoms with Gasteiger partial charge in [0, 0.05) is 0 Å². The first-order valence-corrected chi connectivity index (χ1v) is 8.38. The standard InChI is InChI=1S/C16H31B/c1-2-3-4-5-6-7-11-17-13-15-9-8-10-16(12-15)14-17/h15-16H,2-14H2,1H3. The Labute approximate surface area is 109 Å². The summed E-state index contributed by atoms with van der Waals surface area (Å²) in [5.74, 6) is 2.26. The highest BCUT2D eigenvalue weighted by atomic mass is 14.3. The molecule has 1 saturated carbocycles. The molecule has 0 aromatic heterocycles. The normalized spacial score (nSPS) is 28.4. The largest absolute Gasteiger partial charge is 0.140 e. The summed E-state index contributed by atoms with van der Waals surface area (Å²) in [7, 11) is 0. The van der Waals surface area contributed by atoms with Crippen LogP contribution in [0, 0.1) is 11.8 Å². The van der Waals surface area contributed by atoms with Gasteiger partial charge in [0.25, 0.3) is 0 Å². The second kappa shape index (κ2) is 7.49. The number of hydrogen-bond donors (Lipinski definition) is 0. The van der Waals surface area contributed by atoms with Gasteiger partial charge >= 0.3 is 0 Å². The van der Waals surface area contributed by atoms with Crippen LogP contribution in [-0.2, 0) is 0 Å². The molecule has 1 heterocycles. The van der Waals surface area contributed by atoms with Gasteiger partial charge in [0.05, 0.1) is 0 Å². The highest BCUT2D eigenvalue weighted by Gasteiger charge is 2.32. The molecule has 2 atom stereocenters. The Morgan fingerprint density at radius 2 is 1.53 bits per heavy atom. The van der Waals surface area contributed by atoms with E-state index in [2.05, 4.69) is 6.92 Å². The van der Waals surface area contributed by atoms with Crippen molar-refractivity contribution in [3.63, 3.8) is 0 Å². The van der Waals surface area contributed by atoms with Gasteiger partial charge in [-0.2, -0.15) is 0 Å². The van der Waals surface area contributed by atoms with Gasteiger partial charge in [-0.3, -0.25) is 0 Å². The van der Waals surface area contributed by atoms with E-state index < -0.39 is 0 Å². The lowest BCUT2D eigenvalue weighted by Crippen LogP contribution is -2.31. The van der Waals surface area contributed by atoms with Crippen LogP contribution in [0.15, 0.2) is 0 Å². The SMILES string of the molecule is CCCCCCCCB1CC2CCCC(C1)C2. The van der Waals surface area contributed by atoms with E-state index in [1.54, 1.807) is 44.6 Å². The van der Waals surface area contributed by atoms with Crippen LogP contribution in [0.1, 0.15) is 71.1 Å². The summed E-state index contributed by atoms with van der Waals surface area (Å²) in [5.41, 5.74) is 0. The van der Waals surface area contributed by atoms with Crippen LogP contribution in [0.25, 0.3) is 0 Å². The van der Waals surface area contributed by atoms with Crippen LogP contribution in [0.4, 0.5) is 0 Å². The van der Waals surface area contributed by atoms with E-state index in [1.807, 2.05) is 0 Å². The molecule has 0 aromatic rings. The maximum atomic E-state index is 2.31. The molecule has 2 unspecified atom stereocenters. The van der Waals surface area contributed by atoms with Gasteiger partial charge in [0.2, 0.25) is 0 Å². The average Bonchev–Trinajstić information content (AvgIpc) is 2.33. The molecule has 2 rings (SSSR count). The fourth-order valence-corrected chi connectivity index (χ4v) is 4.32. The molecule has 2 aliphatic rings. The van der Waals surface area contributed by atoms with E-state index in [0.717, 1.165) is 18.5 Å². The topological polar surface area (TPSA) is 0 Å². The number of hydrogen-bond acceptors (Lipinski definition) is 0.